The number of aliphatic carboxylic acids is 1. The third-order valence-electron chi connectivity index (χ3n) is 6.97. The molecule has 42 heavy (non-hydrogen) atoms. The van der Waals surface area contributed by atoms with Crippen LogP contribution in [0.1, 0.15) is 51.6 Å². The molecule has 9 nitrogen and oxygen atoms in total. The third-order valence-corrected chi connectivity index (χ3v) is 8.25. The molecule has 0 radical (unpaired) electrons. The van der Waals surface area contributed by atoms with Crippen LogP contribution in [-0.4, -0.2) is 45.6 Å². The monoisotopic (exact) mass is 584 g/mol. The molecule has 0 atom stereocenters. The Hall–Kier alpha value is -4.18. The van der Waals surface area contributed by atoms with Gasteiger partial charge in [0, 0.05) is 58.0 Å². The fraction of sp³-hybridized carbons (Fsp3) is 0.344. The zero-order chi connectivity index (χ0) is 30.1. The molecule has 2 aromatic carbocycles. The second-order valence-corrected chi connectivity index (χ2v) is 13.9. The number of thioether (sulfide) groups is 1. The number of pyridine rings is 1. The molecule has 5 rings (SSSR count). The van der Waals surface area contributed by atoms with Crippen molar-refractivity contribution in [3.05, 3.63) is 83.8 Å². The number of carbonyl (C=O) groups is 1. The van der Waals surface area contributed by atoms with Crippen molar-refractivity contribution in [1.82, 2.24) is 29.8 Å². The number of ether oxygens (including phenoxy) is 1. The highest BCUT2D eigenvalue weighted by Crippen LogP contribution is 2.44. The molecule has 0 bridgehead atoms. The van der Waals surface area contributed by atoms with E-state index in [9.17, 15) is 9.90 Å². The van der Waals surface area contributed by atoms with E-state index < -0.39 is 11.4 Å². The fourth-order valence-corrected chi connectivity index (χ4v) is 5.96. The van der Waals surface area contributed by atoms with E-state index in [4.69, 9.17) is 4.74 Å². The average molecular weight is 585 g/mol. The molecule has 5 aromatic rings. The largest absolute Gasteiger partial charge is 0.487 e. The molecule has 0 fully saturated rings. The molecule has 218 valence electrons. The number of benzene rings is 2. The summed E-state index contributed by atoms with van der Waals surface area (Å²) >= 11 is 1.76. The van der Waals surface area contributed by atoms with E-state index in [0.717, 1.165) is 44.1 Å². The van der Waals surface area contributed by atoms with Crippen LogP contribution in [-0.2, 0) is 31.4 Å². The number of carboxylic acids is 1. The van der Waals surface area contributed by atoms with Crippen molar-refractivity contribution in [2.24, 2.45) is 12.5 Å². The summed E-state index contributed by atoms with van der Waals surface area (Å²) in [6.45, 7) is 11.0. The molecule has 0 unspecified atom stereocenters. The van der Waals surface area contributed by atoms with Crippen LogP contribution in [0, 0.1) is 5.41 Å². The molecule has 10 heteroatoms. The Morgan fingerprint density at radius 1 is 1.02 bits per heavy atom. The summed E-state index contributed by atoms with van der Waals surface area (Å²) in [6, 6.07) is 20.1. The van der Waals surface area contributed by atoms with Crippen LogP contribution < -0.4 is 4.74 Å². The lowest BCUT2D eigenvalue weighted by molar-refractivity contribution is -0.146. The number of tetrazole rings is 1. The molecule has 3 heterocycles. The molecule has 0 saturated heterocycles. The van der Waals surface area contributed by atoms with Gasteiger partial charge in [0.2, 0.25) is 0 Å². The molecule has 1 N–H and O–H groups in total. The van der Waals surface area contributed by atoms with Crippen molar-refractivity contribution >= 4 is 28.6 Å². The van der Waals surface area contributed by atoms with Crippen molar-refractivity contribution in [3.63, 3.8) is 0 Å². The van der Waals surface area contributed by atoms with Crippen molar-refractivity contribution in [2.45, 2.75) is 63.8 Å². The third kappa shape index (κ3) is 6.49. The van der Waals surface area contributed by atoms with Gasteiger partial charge in [-0.3, -0.25) is 9.78 Å². The smallest absolute Gasteiger partial charge is 0.309 e. The van der Waals surface area contributed by atoms with Crippen LogP contribution in [0.4, 0.5) is 0 Å². The molecule has 0 spiro atoms. The normalized spacial score (nSPS) is 12.1. The maximum Gasteiger partial charge on any atom is 0.309 e. The highest BCUT2D eigenvalue weighted by atomic mass is 32.2. The molecule has 0 saturated carbocycles. The van der Waals surface area contributed by atoms with E-state index in [1.807, 2.05) is 43.4 Å². The molecule has 3 aromatic heterocycles. The van der Waals surface area contributed by atoms with Gasteiger partial charge < -0.3 is 14.4 Å². The van der Waals surface area contributed by atoms with Gasteiger partial charge in [-0.1, -0.05) is 51.1 Å². The second-order valence-electron chi connectivity index (χ2n) is 12.1. The van der Waals surface area contributed by atoms with Crippen molar-refractivity contribution in [3.8, 4) is 17.1 Å². The Balaban J connectivity index is 1.60. The summed E-state index contributed by atoms with van der Waals surface area (Å²) in [4.78, 5) is 17.7. The predicted octanol–water partition coefficient (Wildman–Crippen LogP) is 6.40. The van der Waals surface area contributed by atoms with Gasteiger partial charge in [-0.25, -0.2) is 4.68 Å². The molecule has 0 aliphatic heterocycles. The summed E-state index contributed by atoms with van der Waals surface area (Å²) in [5.74, 6) is 0.609. The Morgan fingerprint density at radius 3 is 2.40 bits per heavy atom. The Morgan fingerprint density at radius 2 is 1.79 bits per heavy atom. The lowest BCUT2D eigenvalue weighted by Gasteiger charge is -2.24. The Kier molecular flexibility index (Phi) is 8.10. The predicted molar refractivity (Wildman–Crippen MR) is 165 cm³/mol. The number of hydrogen-bond acceptors (Lipinski definition) is 7. The van der Waals surface area contributed by atoms with Crippen LogP contribution in [0.15, 0.2) is 71.8 Å². The molecule has 0 aliphatic carbocycles. The minimum atomic E-state index is -0.959. The number of aryl methyl sites for hydroxylation is 1. The fourth-order valence-electron chi connectivity index (χ4n) is 4.77. The summed E-state index contributed by atoms with van der Waals surface area (Å²) < 4.78 is 9.96. The van der Waals surface area contributed by atoms with Gasteiger partial charge in [-0.05, 0) is 60.2 Å². The highest BCUT2D eigenvalue weighted by molar-refractivity contribution is 8.00. The van der Waals surface area contributed by atoms with Crippen molar-refractivity contribution < 1.29 is 14.6 Å². The maximum atomic E-state index is 12.3. The first-order valence-electron chi connectivity index (χ1n) is 13.8. The molecule has 0 aliphatic rings. The quantitative estimate of drug-likeness (QED) is 0.188. The van der Waals surface area contributed by atoms with Crippen LogP contribution >= 0.6 is 11.8 Å². The maximum absolute atomic E-state index is 12.3. The second kappa shape index (κ2) is 11.6. The lowest BCUT2D eigenvalue weighted by Crippen LogP contribution is -2.28. The van der Waals surface area contributed by atoms with Gasteiger partial charge in [0.25, 0.3) is 0 Å². The van der Waals surface area contributed by atoms with Gasteiger partial charge in [0.05, 0.1) is 11.1 Å². The van der Waals surface area contributed by atoms with Crippen molar-refractivity contribution in [1.29, 1.82) is 0 Å². The van der Waals surface area contributed by atoms with Gasteiger partial charge >= 0.3 is 5.97 Å². The minimum absolute atomic E-state index is 0.0994. The SMILES string of the molecule is Cn1nnnc1-c1ccc(Cn2c(CC(C)(C)C(=O)O)c(SC(C)(C)C)c3cc(OCc4ccccn4)ccc32)cc1. The first-order valence-corrected chi connectivity index (χ1v) is 14.6. The summed E-state index contributed by atoms with van der Waals surface area (Å²) in [5.41, 5.74) is 3.94. The number of hydrogen-bond donors (Lipinski definition) is 1. The standard InChI is InChI=1S/C32H36N6O3S/c1-31(2,3)42-28-25-17-24(41-20-23-9-7-8-16-33-23)14-15-26(25)38(27(28)18-32(4,5)30(39)40)19-21-10-12-22(13-11-21)29-34-35-36-37(29)6/h7-17H,18-20H2,1-6H3,(H,39,40). The summed E-state index contributed by atoms with van der Waals surface area (Å²) in [7, 11) is 1.81. The van der Waals surface area contributed by atoms with E-state index in [-0.39, 0.29) is 4.75 Å². The van der Waals surface area contributed by atoms with E-state index in [1.165, 1.54) is 0 Å². The minimum Gasteiger partial charge on any atom is -0.487 e. The van der Waals surface area contributed by atoms with Crippen molar-refractivity contribution in [2.75, 3.05) is 0 Å². The zero-order valence-corrected chi connectivity index (χ0v) is 25.6. The van der Waals surface area contributed by atoms with Gasteiger partial charge in [-0.2, -0.15) is 0 Å². The number of nitrogens with zero attached hydrogens (tertiary/aromatic N) is 6. The number of rotatable bonds is 10. The van der Waals surface area contributed by atoms with Gasteiger partial charge in [0.15, 0.2) is 5.82 Å². The van der Waals surface area contributed by atoms with Gasteiger partial charge in [0.1, 0.15) is 12.4 Å². The molecule has 0 amide bonds. The van der Waals surface area contributed by atoms with Crippen LogP contribution in [0.25, 0.3) is 22.3 Å². The molecular formula is C32H36N6O3S. The topological polar surface area (TPSA) is 108 Å². The number of carboxylic acid groups (broad SMARTS) is 1. The van der Waals surface area contributed by atoms with E-state index in [1.54, 1.807) is 36.5 Å². The Labute approximate surface area is 249 Å². The van der Waals surface area contributed by atoms with E-state index in [2.05, 4.69) is 70.1 Å². The first-order chi connectivity index (χ1) is 19.9. The average Bonchev–Trinajstić information content (AvgIpc) is 3.48. The first kappa shape index (κ1) is 29.3. The van der Waals surface area contributed by atoms with E-state index >= 15 is 0 Å². The number of fused-ring (bicyclic) bond motifs is 1. The van der Waals surface area contributed by atoms with Crippen LogP contribution in [0.2, 0.25) is 0 Å². The van der Waals surface area contributed by atoms with Crippen LogP contribution in [0.3, 0.4) is 0 Å². The molecular weight excluding hydrogens is 548 g/mol. The Bertz CT molecular complexity index is 1700. The summed E-state index contributed by atoms with van der Waals surface area (Å²) in [5, 5.41) is 22.9. The summed E-state index contributed by atoms with van der Waals surface area (Å²) in [6.07, 6.45) is 2.13. The zero-order valence-electron chi connectivity index (χ0n) is 24.8. The number of aromatic nitrogens is 6. The lowest BCUT2D eigenvalue weighted by atomic mass is 9.88. The highest BCUT2D eigenvalue weighted by Gasteiger charge is 2.33. The van der Waals surface area contributed by atoms with Gasteiger partial charge in [-0.15, -0.1) is 16.9 Å². The van der Waals surface area contributed by atoms with Crippen LogP contribution in [0.5, 0.6) is 5.75 Å². The van der Waals surface area contributed by atoms with E-state index in [0.29, 0.717) is 25.4 Å².